The molecule has 10 nitrogen and oxygen atoms in total. The number of esters is 1. The molecule has 44 heavy (non-hydrogen) atoms. The van der Waals surface area contributed by atoms with Gasteiger partial charge in [0.25, 0.3) is 0 Å². The van der Waals surface area contributed by atoms with Gasteiger partial charge in [-0.25, -0.2) is 4.79 Å². The quantitative estimate of drug-likeness (QED) is 0.100. The Morgan fingerprint density at radius 3 is 2.16 bits per heavy atom. The van der Waals surface area contributed by atoms with Crippen LogP contribution >= 0.6 is 11.6 Å². The maximum atomic E-state index is 12.3. The molecule has 0 unspecified atom stereocenters. The van der Waals surface area contributed by atoms with Crippen molar-refractivity contribution in [3.8, 4) is 17.1 Å². The number of halogens is 1. The average Bonchev–Trinajstić information content (AvgIpc) is 3.54. The Morgan fingerprint density at radius 1 is 0.909 bits per heavy atom. The van der Waals surface area contributed by atoms with Gasteiger partial charge in [0.2, 0.25) is 0 Å². The van der Waals surface area contributed by atoms with Gasteiger partial charge >= 0.3 is 12.1 Å². The third-order valence-corrected chi connectivity index (χ3v) is 7.78. The lowest BCUT2D eigenvalue weighted by molar-refractivity contribution is -0.144. The number of carbonyl (C=O) groups is 2. The summed E-state index contributed by atoms with van der Waals surface area (Å²) < 4.78 is 17.5. The Morgan fingerprint density at radius 2 is 1.55 bits per heavy atom. The van der Waals surface area contributed by atoms with Gasteiger partial charge in [-0.2, -0.15) is 5.10 Å². The van der Waals surface area contributed by atoms with E-state index in [1.54, 1.807) is 18.2 Å². The fourth-order valence-electron chi connectivity index (χ4n) is 4.93. The maximum absolute atomic E-state index is 12.3. The summed E-state index contributed by atoms with van der Waals surface area (Å²) in [4.78, 5) is 27.5. The van der Waals surface area contributed by atoms with Crippen LogP contribution in [0.15, 0.2) is 18.2 Å². The number of hydrogen-bond donors (Lipinski definition) is 2. The number of ether oxygens (including phenoxy) is 3. The third kappa shape index (κ3) is 11.0. The van der Waals surface area contributed by atoms with Crippen molar-refractivity contribution in [2.45, 2.75) is 117 Å². The Balaban J connectivity index is 1.31. The van der Waals surface area contributed by atoms with Crippen molar-refractivity contribution in [2.75, 3.05) is 25.6 Å². The maximum Gasteiger partial charge on any atom is 0.411 e. The predicted molar refractivity (Wildman–Crippen MR) is 175 cm³/mol. The molecule has 0 spiro atoms. The first kappa shape index (κ1) is 35.2. The Labute approximate surface area is 266 Å². The molecule has 0 aliphatic rings. The van der Waals surface area contributed by atoms with Crippen LogP contribution in [0.5, 0.6) is 5.75 Å². The van der Waals surface area contributed by atoms with Crippen LogP contribution in [-0.2, 0) is 19.7 Å². The molecule has 244 valence electrons. The topological polar surface area (TPSA) is 120 Å². The van der Waals surface area contributed by atoms with Crippen molar-refractivity contribution >= 4 is 35.0 Å². The summed E-state index contributed by atoms with van der Waals surface area (Å²) >= 11 is 6.56. The van der Waals surface area contributed by atoms with E-state index in [1.165, 1.54) is 69.5 Å². The van der Waals surface area contributed by atoms with Crippen LogP contribution in [0, 0.1) is 0 Å². The normalized spacial score (nSPS) is 11.6. The first-order valence-electron chi connectivity index (χ1n) is 16.1. The molecule has 0 aliphatic heterocycles. The van der Waals surface area contributed by atoms with Crippen molar-refractivity contribution in [3.05, 3.63) is 28.9 Å². The number of aromatic amines is 1. The number of aromatic nitrogens is 4. The number of methoxy groups -OCH3 is 1. The van der Waals surface area contributed by atoms with Gasteiger partial charge in [-0.3, -0.25) is 10.1 Å². The molecule has 2 N–H and O–H groups in total. The molecule has 11 heteroatoms. The number of fused-ring (bicyclic) bond motifs is 1. The van der Waals surface area contributed by atoms with E-state index >= 15 is 0 Å². The van der Waals surface area contributed by atoms with Gasteiger partial charge in [0, 0.05) is 30.0 Å². The minimum atomic E-state index is -0.606. The van der Waals surface area contributed by atoms with Gasteiger partial charge in [0.1, 0.15) is 10.8 Å². The molecule has 0 saturated carbocycles. The summed E-state index contributed by atoms with van der Waals surface area (Å²) in [6.45, 7) is 8.72. The fourth-order valence-corrected chi connectivity index (χ4v) is 5.38. The number of anilines is 1. The molecular weight excluding hydrogens is 582 g/mol. The number of amides is 1. The lowest BCUT2D eigenvalue weighted by Gasteiger charge is -2.14. The predicted octanol–water partition coefficient (Wildman–Crippen LogP) is 8.87. The molecule has 0 radical (unpaired) electrons. The summed E-state index contributed by atoms with van der Waals surface area (Å²) in [5.74, 6) is 0.829. The minimum absolute atomic E-state index is 0.135. The van der Waals surface area contributed by atoms with Gasteiger partial charge in [-0.15, -0.1) is 9.73 Å². The van der Waals surface area contributed by atoms with E-state index in [0.717, 1.165) is 18.5 Å². The molecule has 0 aliphatic carbocycles. The first-order valence-corrected chi connectivity index (χ1v) is 16.4. The highest BCUT2D eigenvalue weighted by atomic mass is 35.5. The number of nitrogens with one attached hydrogen (secondary N) is 2. The molecule has 0 fully saturated rings. The molecule has 1 aromatic carbocycles. The monoisotopic (exact) mass is 631 g/mol. The van der Waals surface area contributed by atoms with Crippen LogP contribution in [0.2, 0.25) is 5.02 Å². The zero-order valence-corrected chi connectivity index (χ0v) is 27.9. The van der Waals surface area contributed by atoms with Crippen molar-refractivity contribution in [3.63, 3.8) is 0 Å². The van der Waals surface area contributed by atoms with Crippen molar-refractivity contribution in [2.24, 2.45) is 0 Å². The van der Waals surface area contributed by atoms with Crippen LogP contribution < -0.4 is 10.1 Å². The van der Waals surface area contributed by atoms with Gasteiger partial charge in [-0.05, 0) is 18.6 Å². The fraction of sp³-hybridized carbons (Fsp3) is 0.636. The second-order valence-corrected chi connectivity index (χ2v) is 12.6. The van der Waals surface area contributed by atoms with Crippen molar-refractivity contribution in [1.29, 1.82) is 0 Å². The van der Waals surface area contributed by atoms with Gasteiger partial charge in [0.15, 0.2) is 11.5 Å². The van der Waals surface area contributed by atoms with Crippen LogP contribution in [0.4, 0.5) is 10.5 Å². The Bertz CT molecular complexity index is 1330. The Kier molecular flexibility index (Phi) is 14.3. The molecule has 0 bridgehead atoms. The minimum Gasteiger partial charge on any atom is -0.496 e. The van der Waals surface area contributed by atoms with Crippen molar-refractivity contribution in [1.82, 2.24) is 19.8 Å². The van der Waals surface area contributed by atoms with Crippen LogP contribution in [0.1, 0.15) is 117 Å². The van der Waals surface area contributed by atoms with E-state index in [0.29, 0.717) is 46.3 Å². The van der Waals surface area contributed by atoms with Crippen molar-refractivity contribution < 1.29 is 23.8 Å². The van der Waals surface area contributed by atoms with E-state index < -0.39 is 6.09 Å². The standard InChI is InChI=1S/C33H50ClN5O5/c1-6-7-8-9-10-11-12-13-14-15-16-18-27(40)43-21-17-22-44-32(41)35-24-19-20-25(26(23-24)42-5)30-36-31-28(34)29(33(2,3)4)37-39(31)38-30/h19-20,23H,6-18,21-22H2,1-5H3,(H,35,41)(H,36,38). The van der Waals surface area contributed by atoms with Crippen LogP contribution in [-0.4, -0.2) is 52.2 Å². The summed E-state index contributed by atoms with van der Waals surface area (Å²) in [7, 11) is 1.54. The lowest BCUT2D eigenvalue weighted by atomic mass is 9.92. The highest BCUT2D eigenvalue weighted by molar-refractivity contribution is 6.34. The van der Waals surface area contributed by atoms with E-state index in [9.17, 15) is 9.59 Å². The highest BCUT2D eigenvalue weighted by Gasteiger charge is 2.25. The van der Waals surface area contributed by atoms with Gasteiger partial charge < -0.3 is 19.2 Å². The zero-order valence-electron chi connectivity index (χ0n) is 27.1. The largest absolute Gasteiger partial charge is 0.496 e. The highest BCUT2D eigenvalue weighted by Crippen LogP contribution is 2.34. The zero-order chi connectivity index (χ0) is 32.0. The Hall–Kier alpha value is -3.27. The summed E-state index contributed by atoms with van der Waals surface area (Å²) in [6.07, 6.45) is 13.9. The first-order chi connectivity index (χ1) is 21.1. The molecule has 0 atom stereocenters. The summed E-state index contributed by atoms with van der Waals surface area (Å²) in [6, 6.07) is 5.18. The number of nitrogens with zero attached hydrogens (tertiary/aromatic N) is 3. The lowest BCUT2D eigenvalue weighted by Crippen LogP contribution is -2.16. The van der Waals surface area contributed by atoms with E-state index in [-0.39, 0.29) is 24.6 Å². The van der Waals surface area contributed by atoms with Crippen LogP contribution in [0.25, 0.3) is 17.0 Å². The molecule has 2 aromatic heterocycles. The van der Waals surface area contributed by atoms with E-state index in [1.807, 2.05) is 20.8 Å². The second-order valence-electron chi connectivity index (χ2n) is 12.3. The molecule has 1 amide bonds. The SMILES string of the molecule is CCCCCCCCCCCCCC(=O)OCCCOC(=O)Nc1ccc(-c2nn3nc(C(C)(C)C)c(Cl)c3[nH]2)c(OC)c1. The molecule has 3 rings (SSSR count). The smallest absolute Gasteiger partial charge is 0.411 e. The van der Waals surface area contributed by atoms with E-state index in [2.05, 4.69) is 27.4 Å². The summed E-state index contributed by atoms with van der Waals surface area (Å²) in [5.41, 5.74) is 2.31. The average molecular weight is 632 g/mol. The van der Waals surface area contributed by atoms with Gasteiger partial charge in [-0.1, -0.05) is 104 Å². The second kappa shape index (κ2) is 17.9. The molecule has 3 aromatic rings. The molecule has 0 saturated heterocycles. The number of carbonyl (C=O) groups excluding carboxylic acids is 2. The number of hydrogen-bond acceptors (Lipinski definition) is 7. The number of H-pyrrole nitrogens is 1. The number of benzene rings is 1. The van der Waals surface area contributed by atoms with Crippen LogP contribution in [0.3, 0.4) is 0 Å². The van der Waals surface area contributed by atoms with E-state index in [4.69, 9.17) is 25.8 Å². The molecular formula is C33H50ClN5O5. The summed E-state index contributed by atoms with van der Waals surface area (Å²) in [5, 5.41) is 12.3. The number of rotatable bonds is 19. The van der Waals surface area contributed by atoms with Gasteiger partial charge in [0.05, 0.1) is 31.6 Å². The number of unbranched alkanes of at least 4 members (excludes halogenated alkanes) is 10. The third-order valence-electron chi connectivity index (χ3n) is 7.42. The molecule has 2 heterocycles.